The van der Waals surface area contributed by atoms with Crippen molar-refractivity contribution < 1.29 is 9.84 Å². The number of aliphatic hydroxyl groups is 1. The van der Waals surface area contributed by atoms with Crippen LogP contribution in [0, 0.1) is 5.41 Å². The highest BCUT2D eigenvalue weighted by molar-refractivity contribution is 4.84. The molecule has 0 unspecified atom stereocenters. The lowest BCUT2D eigenvalue weighted by Gasteiger charge is -2.35. The largest absolute Gasteiger partial charge is 0.396 e. The average molecular weight is 255 g/mol. The lowest BCUT2D eigenvalue weighted by molar-refractivity contribution is 0.0513. The van der Waals surface area contributed by atoms with E-state index in [-0.39, 0.29) is 5.41 Å². The summed E-state index contributed by atoms with van der Waals surface area (Å²) in [4.78, 5) is 0. The predicted octanol–water partition coefficient (Wildman–Crippen LogP) is 2.48. The van der Waals surface area contributed by atoms with Gasteiger partial charge in [0.05, 0.1) is 12.7 Å². The van der Waals surface area contributed by atoms with E-state index in [9.17, 15) is 5.11 Å². The van der Waals surface area contributed by atoms with Crippen LogP contribution in [0.2, 0.25) is 0 Å². The summed E-state index contributed by atoms with van der Waals surface area (Å²) in [5, 5.41) is 13.1. The minimum atomic E-state index is 0.158. The Kier molecular flexibility index (Phi) is 5.93. The molecule has 2 N–H and O–H groups in total. The van der Waals surface area contributed by atoms with Gasteiger partial charge in [-0.3, -0.25) is 0 Å². The third kappa shape index (κ3) is 4.22. The Morgan fingerprint density at radius 2 is 1.78 bits per heavy atom. The minimum Gasteiger partial charge on any atom is -0.396 e. The van der Waals surface area contributed by atoms with E-state index in [1.165, 1.54) is 57.8 Å². The molecule has 0 atom stereocenters. The van der Waals surface area contributed by atoms with Crippen molar-refractivity contribution in [3.63, 3.8) is 0 Å². The first-order chi connectivity index (χ1) is 8.85. The van der Waals surface area contributed by atoms with Crippen LogP contribution < -0.4 is 5.32 Å². The highest BCUT2D eigenvalue weighted by atomic mass is 16.5. The quantitative estimate of drug-likeness (QED) is 0.687. The zero-order valence-electron chi connectivity index (χ0n) is 11.6. The molecule has 2 aliphatic carbocycles. The Bertz CT molecular complexity index is 221. The van der Waals surface area contributed by atoms with Crippen molar-refractivity contribution in [3.05, 3.63) is 0 Å². The maximum atomic E-state index is 9.60. The van der Waals surface area contributed by atoms with E-state index in [4.69, 9.17) is 4.74 Å². The van der Waals surface area contributed by atoms with E-state index >= 15 is 0 Å². The van der Waals surface area contributed by atoms with E-state index in [0.29, 0.717) is 12.7 Å². The Morgan fingerprint density at radius 3 is 2.44 bits per heavy atom. The monoisotopic (exact) mass is 255 g/mol. The SMILES string of the molecule is OCC1(CNCCOC2CCCC2)CCCCC1. The number of aliphatic hydroxyl groups excluding tert-OH is 1. The van der Waals surface area contributed by atoms with Crippen LogP contribution in [-0.4, -0.2) is 37.5 Å². The highest BCUT2D eigenvalue weighted by Crippen LogP contribution is 2.35. The first-order valence-electron chi connectivity index (χ1n) is 7.78. The van der Waals surface area contributed by atoms with Crippen LogP contribution in [0.25, 0.3) is 0 Å². The van der Waals surface area contributed by atoms with Gasteiger partial charge in [0.15, 0.2) is 0 Å². The Hall–Kier alpha value is -0.120. The molecule has 0 bridgehead atoms. The normalized spacial score (nSPS) is 24.5. The van der Waals surface area contributed by atoms with Crippen LogP contribution >= 0.6 is 0 Å². The first kappa shape index (κ1) is 14.3. The van der Waals surface area contributed by atoms with Gasteiger partial charge in [-0.2, -0.15) is 0 Å². The summed E-state index contributed by atoms with van der Waals surface area (Å²) in [7, 11) is 0. The van der Waals surface area contributed by atoms with Crippen LogP contribution in [0.3, 0.4) is 0 Å². The Balaban J connectivity index is 1.55. The fourth-order valence-electron chi connectivity index (χ4n) is 3.40. The van der Waals surface area contributed by atoms with Gasteiger partial charge in [-0.25, -0.2) is 0 Å². The van der Waals surface area contributed by atoms with Crippen molar-refractivity contribution in [1.82, 2.24) is 5.32 Å². The highest BCUT2D eigenvalue weighted by Gasteiger charge is 2.30. The summed E-state index contributed by atoms with van der Waals surface area (Å²) in [6.07, 6.45) is 12.0. The molecular formula is C15H29NO2. The molecule has 3 nitrogen and oxygen atoms in total. The van der Waals surface area contributed by atoms with E-state index in [1.54, 1.807) is 0 Å². The molecule has 3 heteroatoms. The van der Waals surface area contributed by atoms with E-state index in [1.807, 2.05) is 0 Å². The summed E-state index contributed by atoms with van der Waals surface area (Å²) in [5.41, 5.74) is 0.158. The zero-order valence-corrected chi connectivity index (χ0v) is 11.6. The fourth-order valence-corrected chi connectivity index (χ4v) is 3.40. The molecule has 0 radical (unpaired) electrons. The lowest BCUT2D eigenvalue weighted by atomic mass is 9.74. The second-order valence-corrected chi connectivity index (χ2v) is 6.17. The van der Waals surface area contributed by atoms with Crippen molar-refractivity contribution in [2.45, 2.75) is 63.9 Å². The molecule has 2 fully saturated rings. The van der Waals surface area contributed by atoms with Crippen LogP contribution in [0.1, 0.15) is 57.8 Å². The van der Waals surface area contributed by atoms with Crippen LogP contribution in [0.4, 0.5) is 0 Å². The molecule has 0 saturated heterocycles. The molecular weight excluding hydrogens is 226 g/mol. The molecule has 0 aliphatic heterocycles. The van der Waals surface area contributed by atoms with Crippen molar-refractivity contribution in [2.75, 3.05) is 26.3 Å². The summed E-state index contributed by atoms with van der Waals surface area (Å²) in [5.74, 6) is 0. The maximum absolute atomic E-state index is 9.60. The van der Waals surface area contributed by atoms with Crippen molar-refractivity contribution in [1.29, 1.82) is 0 Å². The molecule has 2 aliphatic rings. The topological polar surface area (TPSA) is 41.5 Å². The summed E-state index contributed by atoms with van der Waals surface area (Å²) < 4.78 is 5.83. The number of hydrogen-bond acceptors (Lipinski definition) is 3. The second kappa shape index (κ2) is 7.46. The second-order valence-electron chi connectivity index (χ2n) is 6.17. The third-order valence-corrected chi connectivity index (χ3v) is 4.68. The standard InChI is InChI=1S/C15H29NO2/c17-13-15(8-4-1-5-9-15)12-16-10-11-18-14-6-2-3-7-14/h14,16-17H,1-13H2. The summed E-state index contributed by atoms with van der Waals surface area (Å²) in [6, 6.07) is 0. The predicted molar refractivity (Wildman–Crippen MR) is 73.7 cm³/mol. The molecule has 0 amide bonds. The van der Waals surface area contributed by atoms with Crippen molar-refractivity contribution >= 4 is 0 Å². The van der Waals surface area contributed by atoms with E-state index < -0.39 is 0 Å². The Morgan fingerprint density at radius 1 is 1.06 bits per heavy atom. The molecule has 106 valence electrons. The maximum Gasteiger partial charge on any atom is 0.0594 e. The molecule has 0 aromatic carbocycles. The van der Waals surface area contributed by atoms with Gasteiger partial charge in [0.25, 0.3) is 0 Å². The smallest absolute Gasteiger partial charge is 0.0594 e. The molecule has 0 spiro atoms. The molecule has 0 aromatic rings. The van der Waals surface area contributed by atoms with Gasteiger partial charge < -0.3 is 15.2 Å². The summed E-state index contributed by atoms with van der Waals surface area (Å²) >= 11 is 0. The number of nitrogens with one attached hydrogen (secondary N) is 1. The van der Waals surface area contributed by atoms with E-state index in [0.717, 1.165) is 19.7 Å². The van der Waals surface area contributed by atoms with Crippen LogP contribution in [0.5, 0.6) is 0 Å². The third-order valence-electron chi connectivity index (χ3n) is 4.68. The number of rotatable bonds is 7. The average Bonchev–Trinajstić information content (AvgIpc) is 2.93. The fraction of sp³-hybridized carbons (Fsp3) is 1.00. The van der Waals surface area contributed by atoms with Gasteiger partial charge in [0.2, 0.25) is 0 Å². The minimum absolute atomic E-state index is 0.158. The van der Waals surface area contributed by atoms with Crippen molar-refractivity contribution in [3.8, 4) is 0 Å². The zero-order chi connectivity index (χ0) is 12.7. The van der Waals surface area contributed by atoms with Crippen molar-refractivity contribution in [2.24, 2.45) is 5.41 Å². The Labute approximate surface area is 111 Å². The summed E-state index contributed by atoms with van der Waals surface area (Å²) in [6.45, 7) is 3.05. The first-order valence-corrected chi connectivity index (χ1v) is 7.78. The van der Waals surface area contributed by atoms with E-state index in [2.05, 4.69) is 5.32 Å². The van der Waals surface area contributed by atoms with Gasteiger partial charge in [0.1, 0.15) is 0 Å². The lowest BCUT2D eigenvalue weighted by Crippen LogP contribution is -2.40. The van der Waals surface area contributed by atoms with Gasteiger partial charge in [-0.15, -0.1) is 0 Å². The van der Waals surface area contributed by atoms with Gasteiger partial charge in [0, 0.05) is 25.1 Å². The molecule has 18 heavy (non-hydrogen) atoms. The van der Waals surface area contributed by atoms with Gasteiger partial charge >= 0.3 is 0 Å². The molecule has 0 aromatic heterocycles. The van der Waals surface area contributed by atoms with Gasteiger partial charge in [-0.1, -0.05) is 32.1 Å². The van der Waals surface area contributed by atoms with Crippen LogP contribution in [-0.2, 0) is 4.74 Å². The molecule has 2 rings (SSSR count). The van der Waals surface area contributed by atoms with Gasteiger partial charge in [-0.05, 0) is 25.7 Å². The number of hydrogen-bond donors (Lipinski definition) is 2. The van der Waals surface area contributed by atoms with Crippen LogP contribution in [0.15, 0.2) is 0 Å². The molecule has 0 heterocycles. The molecule has 2 saturated carbocycles. The number of ether oxygens (including phenoxy) is 1.